The second-order valence-corrected chi connectivity index (χ2v) is 3.42. The minimum atomic E-state index is -2.48. The summed E-state index contributed by atoms with van der Waals surface area (Å²) >= 11 is 5.26. The Morgan fingerprint density at radius 2 is 1.77 bits per heavy atom. The summed E-state index contributed by atoms with van der Waals surface area (Å²) in [7, 11) is 0. The number of alkyl halides is 1. The van der Waals surface area contributed by atoms with Crippen molar-refractivity contribution in [1.82, 2.24) is 0 Å². The summed E-state index contributed by atoms with van der Waals surface area (Å²) in [6, 6.07) is 0. The van der Waals surface area contributed by atoms with Crippen LogP contribution in [0.2, 0.25) is 0 Å². The second-order valence-electron chi connectivity index (χ2n) is 2.87. The maximum absolute atomic E-state index is 9.18. The quantitative estimate of drug-likeness (QED) is 0.305. The summed E-state index contributed by atoms with van der Waals surface area (Å²) in [5.41, 5.74) is 0. The highest BCUT2D eigenvalue weighted by Crippen LogP contribution is 2.30. The number of rotatable bonds is 1. The molecule has 0 amide bonds. The van der Waals surface area contributed by atoms with Gasteiger partial charge in [0.25, 0.3) is 5.25 Å². The molecule has 0 aromatic carbocycles. The molecule has 1 unspecified atom stereocenters. The SMILES string of the molecule is OC[C@H]1OC(O)(Cl)[C@H](O)[C@@H](O)[C@@H]1O. The minimum Gasteiger partial charge on any atom is -0.394 e. The second kappa shape index (κ2) is 3.66. The van der Waals surface area contributed by atoms with E-state index in [1.807, 2.05) is 0 Å². The van der Waals surface area contributed by atoms with Gasteiger partial charge < -0.3 is 30.3 Å². The molecule has 13 heavy (non-hydrogen) atoms. The van der Waals surface area contributed by atoms with Gasteiger partial charge in [-0.2, -0.15) is 0 Å². The number of aliphatic hydroxyl groups excluding tert-OH is 4. The zero-order valence-corrected chi connectivity index (χ0v) is 7.29. The van der Waals surface area contributed by atoms with Crippen molar-refractivity contribution in [3.05, 3.63) is 0 Å². The van der Waals surface area contributed by atoms with Gasteiger partial charge in [-0.3, -0.25) is 0 Å². The molecule has 1 rings (SSSR count). The maximum atomic E-state index is 9.18. The topological polar surface area (TPSA) is 110 Å². The Morgan fingerprint density at radius 3 is 2.23 bits per heavy atom. The van der Waals surface area contributed by atoms with Gasteiger partial charge in [-0.15, -0.1) is 0 Å². The molecule has 6 nitrogen and oxygen atoms in total. The summed E-state index contributed by atoms with van der Waals surface area (Å²) in [6.45, 7) is -0.625. The van der Waals surface area contributed by atoms with Crippen LogP contribution in [-0.4, -0.2) is 61.8 Å². The van der Waals surface area contributed by atoms with Crippen molar-refractivity contribution in [2.75, 3.05) is 6.61 Å². The van der Waals surface area contributed by atoms with Crippen LogP contribution in [0, 0.1) is 0 Å². The van der Waals surface area contributed by atoms with Crippen molar-refractivity contribution in [3.8, 4) is 0 Å². The van der Waals surface area contributed by atoms with E-state index in [4.69, 9.17) is 32.0 Å². The molecule has 0 spiro atoms. The van der Waals surface area contributed by atoms with Crippen molar-refractivity contribution < 1.29 is 30.3 Å². The molecule has 1 heterocycles. The van der Waals surface area contributed by atoms with E-state index in [9.17, 15) is 5.11 Å². The molecule has 0 radical (unpaired) electrons. The third kappa shape index (κ3) is 1.94. The standard InChI is InChI=1S/C6H11ClO6/c7-6(12)5(11)4(10)3(9)2(1-8)13-6/h2-5,8-12H,1H2/t2-,3-,4+,5-,6?/m1/s1. The monoisotopic (exact) mass is 214 g/mol. The lowest BCUT2D eigenvalue weighted by atomic mass is 9.99. The smallest absolute Gasteiger partial charge is 0.276 e. The van der Waals surface area contributed by atoms with Crippen molar-refractivity contribution in [3.63, 3.8) is 0 Å². The molecule has 7 heteroatoms. The van der Waals surface area contributed by atoms with E-state index in [-0.39, 0.29) is 0 Å². The summed E-state index contributed by atoms with van der Waals surface area (Å²) in [5, 5.41) is 42.7. The molecule has 0 aromatic rings. The highest BCUT2D eigenvalue weighted by atomic mass is 35.5. The van der Waals surface area contributed by atoms with Crippen LogP contribution in [0.1, 0.15) is 0 Å². The number of hydrogen-bond acceptors (Lipinski definition) is 6. The zero-order valence-electron chi connectivity index (χ0n) is 6.54. The van der Waals surface area contributed by atoms with E-state index in [2.05, 4.69) is 4.74 Å². The van der Waals surface area contributed by atoms with Crippen LogP contribution in [-0.2, 0) is 4.74 Å². The first kappa shape index (κ1) is 11.1. The summed E-state index contributed by atoms with van der Waals surface area (Å²) < 4.78 is 4.53. The van der Waals surface area contributed by atoms with Gasteiger partial charge in [0.05, 0.1) is 6.61 Å². The molecular weight excluding hydrogens is 204 g/mol. The third-order valence-corrected chi connectivity index (χ3v) is 2.23. The fourth-order valence-corrected chi connectivity index (χ4v) is 1.36. The molecular formula is C6H11ClO6. The first-order valence-corrected chi connectivity index (χ1v) is 4.02. The molecule has 0 bridgehead atoms. The van der Waals surface area contributed by atoms with E-state index >= 15 is 0 Å². The van der Waals surface area contributed by atoms with Crippen LogP contribution < -0.4 is 0 Å². The molecule has 0 aromatic heterocycles. The molecule has 5 atom stereocenters. The number of ether oxygens (including phenoxy) is 1. The molecule has 1 fully saturated rings. The molecule has 0 saturated carbocycles. The van der Waals surface area contributed by atoms with Crippen molar-refractivity contribution >= 4 is 11.6 Å². The summed E-state index contributed by atoms with van der Waals surface area (Å²) in [5.74, 6) is 0. The van der Waals surface area contributed by atoms with Gasteiger partial charge in [0.1, 0.15) is 18.3 Å². The summed E-state index contributed by atoms with van der Waals surface area (Å²) in [4.78, 5) is 0. The highest BCUT2D eigenvalue weighted by Gasteiger charge is 2.51. The van der Waals surface area contributed by atoms with Crippen LogP contribution in [0.5, 0.6) is 0 Å². The Labute approximate surface area is 78.9 Å². The van der Waals surface area contributed by atoms with E-state index in [1.54, 1.807) is 0 Å². The molecule has 1 saturated heterocycles. The van der Waals surface area contributed by atoms with E-state index < -0.39 is 36.3 Å². The number of halogens is 1. The van der Waals surface area contributed by atoms with Crippen LogP contribution in [0.15, 0.2) is 0 Å². The lowest BCUT2D eigenvalue weighted by Gasteiger charge is -2.41. The third-order valence-electron chi connectivity index (χ3n) is 1.92. The average Bonchev–Trinajstić information content (AvgIpc) is 2.08. The minimum absolute atomic E-state index is 0.625. The van der Waals surface area contributed by atoms with E-state index in [0.29, 0.717) is 0 Å². The lowest BCUT2D eigenvalue weighted by molar-refractivity contribution is -0.309. The van der Waals surface area contributed by atoms with Crippen LogP contribution in [0.3, 0.4) is 0 Å². The van der Waals surface area contributed by atoms with E-state index in [0.717, 1.165) is 0 Å². The molecule has 1 aliphatic rings. The normalized spacial score (nSPS) is 52.2. The Hall–Kier alpha value is 0.0500. The van der Waals surface area contributed by atoms with Crippen molar-refractivity contribution in [1.29, 1.82) is 0 Å². The van der Waals surface area contributed by atoms with Gasteiger partial charge in [0, 0.05) is 0 Å². The van der Waals surface area contributed by atoms with Crippen LogP contribution >= 0.6 is 11.6 Å². The van der Waals surface area contributed by atoms with Crippen LogP contribution in [0.25, 0.3) is 0 Å². The maximum Gasteiger partial charge on any atom is 0.276 e. The summed E-state index contributed by atoms with van der Waals surface area (Å²) in [6.07, 6.45) is -6.19. The van der Waals surface area contributed by atoms with Crippen molar-refractivity contribution in [2.24, 2.45) is 0 Å². The predicted molar refractivity (Wildman–Crippen MR) is 40.8 cm³/mol. The Morgan fingerprint density at radius 1 is 1.23 bits per heavy atom. The largest absolute Gasteiger partial charge is 0.394 e. The van der Waals surface area contributed by atoms with Gasteiger partial charge in [0.15, 0.2) is 6.10 Å². The molecule has 5 N–H and O–H groups in total. The van der Waals surface area contributed by atoms with Gasteiger partial charge in [-0.1, -0.05) is 11.6 Å². The lowest BCUT2D eigenvalue weighted by Crippen LogP contribution is -2.62. The van der Waals surface area contributed by atoms with E-state index in [1.165, 1.54) is 0 Å². The fourth-order valence-electron chi connectivity index (χ4n) is 1.11. The Balaban J connectivity index is 2.79. The molecule has 78 valence electrons. The average molecular weight is 215 g/mol. The molecule has 0 aliphatic carbocycles. The van der Waals surface area contributed by atoms with Crippen molar-refractivity contribution in [2.45, 2.75) is 29.7 Å². The van der Waals surface area contributed by atoms with Gasteiger partial charge in [-0.05, 0) is 0 Å². The predicted octanol–water partition coefficient (Wildman–Crippen LogP) is -2.65. The fraction of sp³-hybridized carbons (Fsp3) is 1.00. The first-order valence-electron chi connectivity index (χ1n) is 3.64. The zero-order chi connectivity index (χ0) is 10.2. The number of aliphatic hydroxyl groups is 5. The van der Waals surface area contributed by atoms with Gasteiger partial charge in [-0.25, -0.2) is 0 Å². The van der Waals surface area contributed by atoms with Crippen LogP contribution in [0.4, 0.5) is 0 Å². The highest BCUT2D eigenvalue weighted by molar-refractivity contribution is 6.22. The number of hydrogen-bond donors (Lipinski definition) is 5. The first-order chi connectivity index (χ1) is 5.90. The molecule has 1 aliphatic heterocycles. The Kier molecular flexibility index (Phi) is 3.13. The van der Waals surface area contributed by atoms with Gasteiger partial charge in [0.2, 0.25) is 0 Å². The Bertz CT molecular complexity index is 184. The van der Waals surface area contributed by atoms with Gasteiger partial charge >= 0.3 is 0 Å².